The Bertz CT molecular complexity index is 210. The van der Waals surface area contributed by atoms with Gasteiger partial charge in [0, 0.05) is 6.04 Å². The standard InChI is InChI=1S/C11H21NO3/c1-11(2,10(13)14-3)8-15-7-9-5-4-6-12-9/h9,12H,4-8H2,1-3H3. The highest BCUT2D eigenvalue weighted by Gasteiger charge is 2.29. The summed E-state index contributed by atoms with van der Waals surface area (Å²) in [5.74, 6) is -0.220. The lowest BCUT2D eigenvalue weighted by atomic mass is 9.95. The highest BCUT2D eigenvalue weighted by Crippen LogP contribution is 2.17. The summed E-state index contributed by atoms with van der Waals surface area (Å²) in [6.07, 6.45) is 2.38. The average Bonchev–Trinajstić information content (AvgIpc) is 2.69. The molecule has 1 fully saturated rings. The van der Waals surface area contributed by atoms with Crippen LogP contribution < -0.4 is 5.32 Å². The molecule has 1 atom stereocenters. The molecule has 1 rings (SSSR count). The van der Waals surface area contributed by atoms with Gasteiger partial charge < -0.3 is 14.8 Å². The minimum absolute atomic E-state index is 0.220. The van der Waals surface area contributed by atoms with Gasteiger partial charge in [0.15, 0.2) is 0 Å². The molecule has 0 saturated carbocycles. The molecule has 4 nitrogen and oxygen atoms in total. The zero-order chi connectivity index (χ0) is 11.3. The van der Waals surface area contributed by atoms with E-state index in [2.05, 4.69) is 5.32 Å². The van der Waals surface area contributed by atoms with E-state index in [0.717, 1.165) is 6.54 Å². The summed E-state index contributed by atoms with van der Waals surface area (Å²) in [7, 11) is 1.41. The molecule has 0 spiro atoms. The van der Waals surface area contributed by atoms with Gasteiger partial charge in [0.25, 0.3) is 0 Å². The lowest BCUT2D eigenvalue weighted by Gasteiger charge is -2.22. The number of ether oxygens (including phenoxy) is 2. The minimum Gasteiger partial charge on any atom is -0.469 e. The van der Waals surface area contributed by atoms with Crippen LogP contribution in [0.2, 0.25) is 0 Å². The molecule has 0 aromatic carbocycles. The smallest absolute Gasteiger partial charge is 0.313 e. The molecular formula is C11H21NO3. The van der Waals surface area contributed by atoms with Crippen LogP contribution in [0.25, 0.3) is 0 Å². The van der Waals surface area contributed by atoms with Crippen LogP contribution >= 0.6 is 0 Å². The van der Waals surface area contributed by atoms with E-state index in [4.69, 9.17) is 9.47 Å². The molecule has 4 heteroatoms. The topological polar surface area (TPSA) is 47.6 Å². The Morgan fingerprint density at radius 2 is 2.27 bits per heavy atom. The fourth-order valence-corrected chi connectivity index (χ4v) is 1.69. The first-order valence-electron chi connectivity index (χ1n) is 5.46. The highest BCUT2D eigenvalue weighted by molar-refractivity contribution is 5.75. The van der Waals surface area contributed by atoms with Crippen LogP contribution in [-0.4, -0.2) is 38.9 Å². The third kappa shape index (κ3) is 3.80. The van der Waals surface area contributed by atoms with Gasteiger partial charge in [-0.1, -0.05) is 0 Å². The molecule has 0 bridgehead atoms. The fourth-order valence-electron chi connectivity index (χ4n) is 1.69. The van der Waals surface area contributed by atoms with Crippen molar-refractivity contribution < 1.29 is 14.3 Å². The zero-order valence-corrected chi connectivity index (χ0v) is 9.84. The molecule has 0 radical (unpaired) electrons. The lowest BCUT2D eigenvalue weighted by molar-refractivity contribution is -0.154. The largest absolute Gasteiger partial charge is 0.469 e. The third-order valence-corrected chi connectivity index (χ3v) is 2.68. The van der Waals surface area contributed by atoms with Gasteiger partial charge in [-0.25, -0.2) is 0 Å². The molecule has 1 saturated heterocycles. The monoisotopic (exact) mass is 215 g/mol. The summed E-state index contributed by atoms with van der Waals surface area (Å²) in [4.78, 5) is 11.3. The van der Waals surface area contributed by atoms with Crippen molar-refractivity contribution in [3.63, 3.8) is 0 Å². The predicted octanol–water partition coefficient (Wildman–Crippen LogP) is 0.954. The number of hydrogen-bond donors (Lipinski definition) is 1. The molecule has 88 valence electrons. The predicted molar refractivity (Wildman–Crippen MR) is 57.6 cm³/mol. The molecule has 1 heterocycles. The number of nitrogens with one attached hydrogen (secondary N) is 1. The van der Waals surface area contributed by atoms with Crippen LogP contribution in [0.5, 0.6) is 0 Å². The van der Waals surface area contributed by atoms with Gasteiger partial charge in [0.2, 0.25) is 0 Å². The Hall–Kier alpha value is -0.610. The van der Waals surface area contributed by atoms with E-state index >= 15 is 0 Å². The van der Waals surface area contributed by atoms with E-state index in [1.807, 2.05) is 13.8 Å². The second-order valence-electron chi connectivity index (χ2n) is 4.68. The maximum Gasteiger partial charge on any atom is 0.313 e. The van der Waals surface area contributed by atoms with Gasteiger partial charge >= 0.3 is 5.97 Å². The van der Waals surface area contributed by atoms with E-state index in [1.165, 1.54) is 20.0 Å². The van der Waals surface area contributed by atoms with Gasteiger partial charge in [0.1, 0.15) is 0 Å². The second-order valence-corrected chi connectivity index (χ2v) is 4.68. The van der Waals surface area contributed by atoms with E-state index in [-0.39, 0.29) is 5.97 Å². The van der Waals surface area contributed by atoms with Crippen molar-refractivity contribution in [3.8, 4) is 0 Å². The van der Waals surface area contributed by atoms with Gasteiger partial charge in [-0.05, 0) is 33.2 Å². The molecule has 15 heavy (non-hydrogen) atoms. The summed E-state index contributed by atoms with van der Waals surface area (Å²) in [6.45, 7) is 5.84. The van der Waals surface area contributed by atoms with Gasteiger partial charge in [-0.15, -0.1) is 0 Å². The fraction of sp³-hybridized carbons (Fsp3) is 0.909. The first-order valence-corrected chi connectivity index (χ1v) is 5.46. The number of hydrogen-bond acceptors (Lipinski definition) is 4. The molecule has 1 aliphatic heterocycles. The molecule has 0 aromatic heterocycles. The van der Waals surface area contributed by atoms with Gasteiger partial charge in [-0.2, -0.15) is 0 Å². The summed E-state index contributed by atoms with van der Waals surface area (Å²) in [6, 6.07) is 0.457. The maximum atomic E-state index is 11.3. The highest BCUT2D eigenvalue weighted by atomic mass is 16.5. The number of methoxy groups -OCH3 is 1. The Kier molecular flexibility index (Phi) is 4.54. The molecular weight excluding hydrogens is 194 g/mol. The molecule has 1 N–H and O–H groups in total. The van der Waals surface area contributed by atoms with Crippen LogP contribution in [0.3, 0.4) is 0 Å². The zero-order valence-electron chi connectivity index (χ0n) is 9.84. The summed E-state index contributed by atoms with van der Waals surface area (Å²) in [5.41, 5.74) is -0.548. The molecule has 1 unspecified atom stereocenters. The number of rotatable bonds is 5. The first kappa shape index (κ1) is 12.5. The molecule has 0 aliphatic carbocycles. The normalized spacial score (nSPS) is 21.7. The lowest BCUT2D eigenvalue weighted by Crippen LogP contribution is -2.34. The first-order chi connectivity index (χ1) is 7.06. The van der Waals surface area contributed by atoms with Crippen LogP contribution in [0.4, 0.5) is 0 Å². The number of carbonyl (C=O) groups is 1. The number of carbonyl (C=O) groups excluding carboxylic acids is 1. The Labute approximate surface area is 91.3 Å². The molecule has 1 aliphatic rings. The quantitative estimate of drug-likeness (QED) is 0.694. The third-order valence-electron chi connectivity index (χ3n) is 2.68. The summed E-state index contributed by atoms with van der Waals surface area (Å²) >= 11 is 0. The van der Waals surface area contributed by atoms with Crippen molar-refractivity contribution in [3.05, 3.63) is 0 Å². The Morgan fingerprint density at radius 1 is 1.53 bits per heavy atom. The van der Waals surface area contributed by atoms with Crippen LogP contribution in [0.15, 0.2) is 0 Å². The minimum atomic E-state index is -0.548. The van der Waals surface area contributed by atoms with Gasteiger partial charge in [-0.3, -0.25) is 4.79 Å². The number of esters is 1. The van der Waals surface area contributed by atoms with Crippen molar-refractivity contribution in [2.75, 3.05) is 26.9 Å². The summed E-state index contributed by atoms with van der Waals surface area (Å²) in [5, 5.41) is 3.34. The van der Waals surface area contributed by atoms with Crippen molar-refractivity contribution in [1.29, 1.82) is 0 Å². The van der Waals surface area contributed by atoms with E-state index in [0.29, 0.717) is 19.3 Å². The second kappa shape index (κ2) is 5.47. The van der Waals surface area contributed by atoms with Crippen molar-refractivity contribution in [2.45, 2.75) is 32.7 Å². The van der Waals surface area contributed by atoms with Crippen LogP contribution in [0.1, 0.15) is 26.7 Å². The molecule has 0 amide bonds. The van der Waals surface area contributed by atoms with E-state index in [9.17, 15) is 4.79 Å². The van der Waals surface area contributed by atoms with E-state index in [1.54, 1.807) is 0 Å². The van der Waals surface area contributed by atoms with Crippen LogP contribution in [-0.2, 0) is 14.3 Å². The maximum absolute atomic E-state index is 11.3. The Balaban J connectivity index is 2.20. The SMILES string of the molecule is COC(=O)C(C)(C)COCC1CCCN1. The van der Waals surface area contributed by atoms with Crippen molar-refractivity contribution in [2.24, 2.45) is 5.41 Å². The average molecular weight is 215 g/mol. The van der Waals surface area contributed by atoms with Crippen molar-refractivity contribution >= 4 is 5.97 Å². The van der Waals surface area contributed by atoms with Crippen LogP contribution in [0, 0.1) is 5.41 Å². The van der Waals surface area contributed by atoms with E-state index < -0.39 is 5.41 Å². The summed E-state index contributed by atoms with van der Waals surface area (Å²) < 4.78 is 10.2. The Morgan fingerprint density at radius 3 is 2.80 bits per heavy atom. The molecule has 0 aromatic rings. The van der Waals surface area contributed by atoms with Crippen molar-refractivity contribution in [1.82, 2.24) is 5.32 Å². The van der Waals surface area contributed by atoms with Gasteiger partial charge in [0.05, 0.1) is 25.7 Å².